The van der Waals surface area contributed by atoms with E-state index in [-0.39, 0.29) is 0 Å². The van der Waals surface area contributed by atoms with Gasteiger partial charge in [0.1, 0.15) is 0 Å². The number of H-pyrrole nitrogens is 1. The van der Waals surface area contributed by atoms with E-state index in [0.717, 1.165) is 10.7 Å². The Hall–Kier alpha value is -1.09. The van der Waals surface area contributed by atoms with Crippen molar-refractivity contribution in [1.29, 1.82) is 0 Å². The number of imidazole rings is 1. The Kier molecular flexibility index (Phi) is 3.02. The van der Waals surface area contributed by atoms with E-state index >= 15 is 0 Å². The first-order valence-corrected chi connectivity index (χ1v) is 7.27. The standard InChI is InChI=1S/C15H20N2S/c1-10-4-3-5-12(8-10)17-14-9-11(2)6-7-13(14)16-15(17)18/h6-7,9-10,12H,3-5,8H2,1-2H3,(H,16,18). The first-order chi connectivity index (χ1) is 8.65. The van der Waals surface area contributed by atoms with Crippen LogP contribution < -0.4 is 0 Å². The third kappa shape index (κ3) is 2.01. The highest BCUT2D eigenvalue weighted by molar-refractivity contribution is 7.71. The molecule has 1 aliphatic carbocycles. The number of benzene rings is 1. The van der Waals surface area contributed by atoms with Crippen LogP contribution in [0.5, 0.6) is 0 Å². The maximum absolute atomic E-state index is 5.52. The number of rotatable bonds is 1. The number of nitrogens with zero attached hydrogens (tertiary/aromatic N) is 1. The van der Waals surface area contributed by atoms with Crippen LogP contribution in [0.1, 0.15) is 44.2 Å². The van der Waals surface area contributed by atoms with Crippen molar-refractivity contribution in [2.24, 2.45) is 5.92 Å². The first-order valence-electron chi connectivity index (χ1n) is 6.86. The largest absolute Gasteiger partial charge is 0.331 e. The molecule has 3 rings (SSSR count). The molecule has 2 nitrogen and oxygen atoms in total. The van der Waals surface area contributed by atoms with Gasteiger partial charge < -0.3 is 9.55 Å². The van der Waals surface area contributed by atoms with Gasteiger partial charge in [-0.2, -0.15) is 0 Å². The highest BCUT2D eigenvalue weighted by atomic mass is 32.1. The van der Waals surface area contributed by atoms with Gasteiger partial charge >= 0.3 is 0 Å². The summed E-state index contributed by atoms with van der Waals surface area (Å²) in [6.45, 7) is 4.50. The molecule has 96 valence electrons. The molecule has 0 aliphatic heterocycles. The molecule has 0 amide bonds. The van der Waals surface area contributed by atoms with Gasteiger partial charge in [-0.3, -0.25) is 0 Å². The molecular formula is C15H20N2S. The van der Waals surface area contributed by atoms with E-state index in [1.54, 1.807) is 0 Å². The third-order valence-electron chi connectivity index (χ3n) is 4.15. The summed E-state index contributed by atoms with van der Waals surface area (Å²) in [7, 11) is 0. The predicted molar refractivity (Wildman–Crippen MR) is 78.5 cm³/mol. The van der Waals surface area contributed by atoms with Gasteiger partial charge in [0, 0.05) is 6.04 Å². The second-order valence-electron chi connectivity index (χ2n) is 5.75. The molecule has 0 bridgehead atoms. The maximum Gasteiger partial charge on any atom is 0.178 e. The maximum atomic E-state index is 5.52. The Balaban J connectivity index is 2.12. The van der Waals surface area contributed by atoms with E-state index < -0.39 is 0 Å². The van der Waals surface area contributed by atoms with Crippen LogP contribution in [0, 0.1) is 17.6 Å². The molecule has 1 aromatic carbocycles. The molecule has 3 heteroatoms. The Bertz CT molecular complexity index is 623. The van der Waals surface area contributed by atoms with Gasteiger partial charge in [0.25, 0.3) is 0 Å². The van der Waals surface area contributed by atoms with Gasteiger partial charge in [-0.25, -0.2) is 0 Å². The third-order valence-corrected chi connectivity index (χ3v) is 4.45. The van der Waals surface area contributed by atoms with Gasteiger partial charge in [0.15, 0.2) is 4.77 Å². The summed E-state index contributed by atoms with van der Waals surface area (Å²) in [6.07, 6.45) is 5.21. The van der Waals surface area contributed by atoms with Crippen molar-refractivity contribution in [1.82, 2.24) is 9.55 Å². The number of aromatic amines is 1. The van der Waals surface area contributed by atoms with E-state index in [0.29, 0.717) is 6.04 Å². The van der Waals surface area contributed by atoms with Crippen LogP contribution in [0.2, 0.25) is 0 Å². The van der Waals surface area contributed by atoms with Crippen molar-refractivity contribution in [3.63, 3.8) is 0 Å². The summed E-state index contributed by atoms with van der Waals surface area (Å²) >= 11 is 5.52. The van der Waals surface area contributed by atoms with E-state index in [4.69, 9.17) is 12.2 Å². The molecule has 1 heterocycles. The molecule has 2 atom stereocenters. The van der Waals surface area contributed by atoms with Crippen molar-refractivity contribution in [3.8, 4) is 0 Å². The quantitative estimate of drug-likeness (QED) is 0.733. The summed E-state index contributed by atoms with van der Waals surface area (Å²) < 4.78 is 3.24. The van der Waals surface area contributed by atoms with Crippen LogP contribution in [-0.4, -0.2) is 9.55 Å². The molecule has 0 spiro atoms. The summed E-state index contributed by atoms with van der Waals surface area (Å²) in [5.74, 6) is 0.820. The van der Waals surface area contributed by atoms with E-state index in [1.165, 1.54) is 42.3 Å². The van der Waals surface area contributed by atoms with Crippen molar-refractivity contribution < 1.29 is 0 Å². The predicted octanol–water partition coefficient (Wildman–Crippen LogP) is 4.76. The molecule has 2 unspecified atom stereocenters. The van der Waals surface area contributed by atoms with Crippen molar-refractivity contribution >= 4 is 23.3 Å². The lowest BCUT2D eigenvalue weighted by Crippen LogP contribution is -2.17. The van der Waals surface area contributed by atoms with Crippen LogP contribution >= 0.6 is 12.2 Å². The average molecular weight is 260 g/mol. The molecular weight excluding hydrogens is 240 g/mol. The molecule has 1 aromatic heterocycles. The van der Waals surface area contributed by atoms with E-state index in [2.05, 4.69) is 41.6 Å². The number of nitrogens with one attached hydrogen (secondary N) is 1. The monoisotopic (exact) mass is 260 g/mol. The van der Waals surface area contributed by atoms with Gasteiger partial charge in [0.05, 0.1) is 11.0 Å². The summed E-state index contributed by atoms with van der Waals surface area (Å²) in [4.78, 5) is 3.34. The number of hydrogen-bond acceptors (Lipinski definition) is 1. The fourth-order valence-corrected chi connectivity index (χ4v) is 3.59. The number of aryl methyl sites for hydroxylation is 1. The SMILES string of the molecule is Cc1ccc2[nH]c(=S)n(C3CCCC(C)C3)c2c1. The van der Waals surface area contributed by atoms with Crippen molar-refractivity contribution in [2.45, 2.75) is 45.6 Å². The summed E-state index contributed by atoms with van der Waals surface area (Å²) in [5, 5.41) is 0. The van der Waals surface area contributed by atoms with E-state index in [9.17, 15) is 0 Å². The normalized spacial score (nSPS) is 24.6. The Labute approximate surface area is 113 Å². The minimum absolute atomic E-state index is 0.580. The fourth-order valence-electron chi connectivity index (χ4n) is 3.23. The fraction of sp³-hybridized carbons (Fsp3) is 0.533. The van der Waals surface area contributed by atoms with Crippen LogP contribution in [0.25, 0.3) is 11.0 Å². The molecule has 1 saturated carbocycles. The van der Waals surface area contributed by atoms with Crippen molar-refractivity contribution in [3.05, 3.63) is 28.5 Å². The lowest BCUT2D eigenvalue weighted by molar-refractivity contribution is 0.285. The summed E-state index contributed by atoms with van der Waals surface area (Å²) in [5.41, 5.74) is 3.75. The van der Waals surface area contributed by atoms with Crippen LogP contribution in [-0.2, 0) is 0 Å². The second kappa shape index (κ2) is 4.54. The zero-order valence-electron chi connectivity index (χ0n) is 11.1. The topological polar surface area (TPSA) is 20.7 Å². The molecule has 0 saturated heterocycles. The molecule has 1 fully saturated rings. The van der Waals surface area contributed by atoms with Crippen LogP contribution in [0.4, 0.5) is 0 Å². The van der Waals surface area contributed by atoms with Crippen LogP contribution in [0.3, 0.4) is 0 Å². The van der Waals surface area contributed by atoms with Gasteiger partial charge in [-0.05, 0) is 55.6 Å². The van der Waals surface area contributed by atoms with Crippen molar-refractivity contribution in [2.75, 3.05) is 0 Å². The average Bonchev–Trinajstić information content (AvgIpc) is 2.64. The number of fused-ring (bicyclic) bond motifs is 1. The van der Waals surface area contributed by atoms with Gasteiger partial charge in [-0.1, -0.05) is 25.8 Å². The van der Waals surface area contributed by atoms with E-state index in [1.807, 2.05) is 0 Å². The van der Waals surface area contributed by atoms with Gasteiger partial charge in [-0.15, -0.1) is 0 Å². The molecule has 1 N–H and O–H groups in total. The molecule has 2 aromatic rings. The minimum atomic E-state index is 0.580. The van der Waals surface area contributed by atoms with Crippen LogP contribution in [0.15, 0.2) is 18.2 Å². The molecule has 1 aliphatic rings. The summed E-state index contributed by atoms with van der Waals surface area (Å²) in [6, 6.07) is 7.11. The highest BCUT2D eigenvalue weighted by Crippen LogP contribution is 2.34. The lowest BCUT2D eigenvalue weighted by atomic mass is 9.87. The highest BCUT2D eigenvalue weighted by Gasteiger charge is 2.22. The number of hydrogen-bond donors (Lipinski definition) is 1. The first kappa shape index (κ1) is 12.0. The lowest BCUT2D eigenvalue weighted by Gasteiger charge is -2.28. The zero-order chi connectivity index (χ0) is 12.7. The Morgan fingerprint density at radius 1 is 1.33 bits per heavy atom. The Morgan fingerprint density at radius 3 is 2.94 bits per heavy atom. The smallest absolute Gasteiger partial charge is 0.178 e. The Morgan fingerprint density at radius 2 is 2.17 bits per heavy atom. The second-order valence-corrected chi connectivity index (χ2v) is 6.13. The molecule has 18 heavy (non-hydrogen) atoms. The minimum Gasteiger partial charge on any atom is -0.331 e. The van der Waals surface area contributed by atoms with Gasteiger partial charge in [0.2, 0.25) is 0 Å². The zero-order valence-corrected chi connectivity index (χ0v) is 11.9. The molecule has 0 radical (unpaired) electrons. The number of aromatic nitrogens is 2.